The van der Waals surface area contributed by atoms with E-state index in [1.165, 1.54) is 25.1 Å². The monoisotopic (exact) mass is 371 g/mol. The summed E-state index contributed by atoms with van der Waals surface area (Å²) >= 11 is 0. The highest BCUT2D eigenvalue weighted by atomic mass is 19.1. The minimum Gasteiger partial charge on any atom is -0.496 e. The van der Waals surface area contributed by atoms with Crippen molar-refractivity contribution in [2.24, 2.45) is 0 Å². The molecule has 0 aliphatic rings. The summed E-state index contributed by atoms with van der Waals surface area (Å²) in [5, 5.41) is 10.2. The van der Waals surface area contributed by atoms with Gasteiger partial charge in [0.05, 0.1) is 7.11 Å². The van der Waals surface area contributed by atoms with Crippen LogP contribution in [0.15, 0.2) is 47.1 Å². The topological polar surface area (TPSA) is 86.5 Å². The summed E-state index contributed by atoms with van der Waals surface area (Å²) in [6.45, 7) is 3.39. The lowest BCUT2D eigenvalue weighted by Crippen LogP contribution is -2.30. The first kappa shape index (κ1) is 18.4. The van der Waals surface area contributed by atoms with Crippen molar-refractivity contribution in [3.63, 3.8) is 0 Å². The van der Waals surface area contributed by atoms with E-state index in [1.54, 1.807) is 25.3 Å². The minimum atomic E-state index is -0.955. The van der Waals surface area contributed by atoms with Gasteiger partial charge in [-0.3, -0.25) is 4.79 Å². The molecule has 1 amide bonds. The van der Waals surface area contributed by atoms with E-state index < -0.39 is 17.8 Å². The maximum Gasteiger partial charge on any atom is 0.266 e. The summed E-state index contributed by atoms with van der Waals surface area (Å²) in [4.78, 5) is 12.4. The number of hydrogen-bond donors (Lipinski definition) is 1. The Hall–Kier alpha value is -3.42. The Morgan fingerprint density at radius 1 is 1.19 bits per heavy atom. The summed E-state index contributed by atoms with van der Waals surface area (Å²) in [6, 6.07) is 11.3. The Bertz CT molecular complexity index is 958. The van der Waals surface area contributed by atoms with Gasteiger partial charge in [0.2, 0.25) is 5.82 Å². The van der Waals surface area contributed by atoms with E-state index in [9.17, 15) is 9.18 Å². The van der Waals surface area contributed by atoms with Gasteiger partial charge in [-0.05, 0) is 60.1 Å². The van der Waals surface area contributed by atoms with Crippen LogP contribution in [0.25, 0.3) is 11.3 Å². The molecule has 2 aromatic carbocycles. The van der Waals surface area contributed by atoms with Crippen LogP contribution in [0.5, 0.6) is 11.5 Å². The molecule has 0 fully saturated rings. The Kier molecular flexibility index (Phi) is 5.35. The molecule has 1 N–H and O–H groups in total. The molecular formula is C19H18FN3O4. The summed E-state index contributed by atoms with van der Waals surface area (Å²) in [6.07, 6.45) is -0.955. The number of halogens is 1. The zero-order valence-electron chi connectivity index (χ0n) is 15.0. The second-order valence-electron chi connectivity index (χ2n) is 5.83. The van der Waals surface area contributed by atoms with Gasteiger partial charge in [-0.1, -0.05) is 12.1 Å². The fraction of sp³-hybridized carbons (Fsp3) is 0.211. The number of aryl methyl sites for hydroxylation is 1. The van der Waals surface area contributed by atoms with E-state index in [4.69, 9.17) is 14.1 Å². The SMILES string of the molecule is COc1ccc(-c2nonc2NC(=O)C(C)Oc2ccccc2F)cc1C. The van der Waals surface area contributed by atoms with Crippen LogP contribution in [0.4, 0.5) is 10.2 Å². The number of hydrogen-bond acceptors (Lipinski definition) is 6. The summed E-state index contributed by atoms with van der Waals surface area (Å²) in [5.41, 5.74) is 1.96. The van der Waals surface area contributed by atoms with E-state index >= 15 is 0 Å². The quantitative estimate of drug-likeness (QED) is 0.712. The molecule has 0 saturated heterocycles. The van der Waals surface area contributed by atoms with Crippen LogP contribution in [-0.4, -0.2) is 29.4 Å². The highest BCUT2D eigenvalue weighted by molar-refractivity contribution is 5.96. The number of rotatable bonds is 6. The van der Waals surface area contributed by atoms with Gasteiger partial charge in [-0.25, -0.2) is 9.02 Å². The molecule has 0 bridgehead atoms. The molecule has 1 heterocycles. The molecule has 0 radical (unpaired) electrons. The largest absolute Gasteiger partial charge is 0.496 e. The molecule has 8 heteroatoms. The van der Waals surface area contributed by atoms with Crippen molar-refractivity contribution in [2.45, 2.75) is 20.0 Å². The number of nitrogens with zero attached hydrogens (tertiary/aromatic N) is 2. The number of carbonyl (C=O) groups is 1. The number of para-hydroxylation sites is 1. The van der Waals surface area contributed by atoms with Gasteiger partial charge in [0, 0.05) is 5.56 Å². The third kappa shape index (κ3) is 4.05. The number of carbonyl (C=O) groups excluding carboxylic acids is 1. The fourth-order valence-electron chi connectivity index (χ4n) is 2.49. The number of ether oxygens (including phenoxy) is 2. The first-order valence-electron chi connectivity index (χ1n) is 8.19. The number of nitrogens with one attached hydrogen (secondary N) is 1. The number of amides is 1. The van der Waals surface area contributed by atoms with Gasteiger partial charge >= 0.3 is 0 Å². The Morgan fingerprint density at radius 3 is 2.67 bits per heavy atom. The Balaban J connectivity index is 1.75. The van der Waals surface area contributed by atoms with E-state index in [0.29, 0.717) is 11.3 Å². The van der Waals surface area contributed by atoms with E-state index in [0.717, 1.165) is 11.3 Å². The Labute approximate surface area is 155 Å². The van der Waals surface area contributed by atoms with Crippen molar-refractivity contribution in [3.05, 3.63) is 53.8 Å². The van der Waals surface area contributed by atoms with E-state index in [1.807, 2.05) is 13.0 Å². The van der Waals surface area contributed by atoms with Crippen molar-refractivity contribution < 1.29 is 23.3 Å². The smallest absolute Gasteiger partial charge is 0.266 e. The second-order valence-corrected chi connectivity index (χ2v) is 5.83. The van der Waals surface area contributed by atoms with Crippen molar-refractivity contribution in [1.29, 1.82) is 0 Å². The summed E-state index contributed by atoms with van der Waals surface area (Å²) < 4.78 is 29.0. The van der Waals surface area contributed by atoms with Crippen LogP contribution in [0.3, 0.4) is 0 Å². The standard InChI is InChI=1S/C19H18FN3O4/c1-11-10-13(8-9-15(11)25-3)17-18(23-27-22-17)21-19(24)12(2)26-16-7-5-4-6-14(16)20/h4-10,12H,1-3H3,(H,21,23,24). The first-order chi connectivity index (χ1) is 13.0. The molecule has 0 saturated carbocycles. The minimum absolute atomic E-state index is 0.00979. The van der Waals surface area contributed by atoms with Crippen LogP contribution >= 0.6 is 0 Å². The van der Waals surface area contributed by atoms with Gasteiger partial charge in [-0.15, -0.1) is 0 Å². The van der Waals surface area contributed by atoms with Crippen LogP contribution in [-0.2, 0) is 4.79 Å². The van der Waals surface area contributed by atoms with Crippen LogP contribution in [0.2, 0.25) is 0 Å². The van der Waals surface area contributed by atoms with Crippen LogP contribution < -0.4 is 14.8 Å². The number of anilines is 1. The molecule has 7 nitrogen and oxygen atoms in total. The second kappa shape index (κ2) is 7.86. The molecule has 1 atom stereocenters. The fourth-order valence-corrected chi connectivity index (χ4v) is 2.49. The summed E-state index contributed by atoms with van der Waals surface area (Å²) in [7, 11) is 1.59. The lowest BCUT2D eigenvalue weighted by molar-refractivity contribution is -0.122. The zero-order valence-corrected chi connectivity index (χ0v) is 15.0. The molecule has 3 aromatic rings. The maximum absolute atomic E-state index is 13.7. The summed E-state index contributed by atoms with van der Waals surface area (Å²) in [5.74, 6) is -0.194. The molecule has 0 spiro atoms. The first-order valence-corrected chi connectivity index (χ1v) is 8.19. The number of methoxy groups -OCH3 is 1. The maximum atomic E-state index is 13.7. The Morgan fingerprint density at radius 2 is 1.96 bits per heavy atom. The highest BCUT2D eigenvalue weighted by Gasteiger charge is 2.21. The van der Waals surface area contributed by atoms with Crippen molar-refractivity contribution in [3.8, 4) is 22.8 Å². The van der Waals surface area contributed by atoms with Gasteiger partial charge in [0.25, 0.3) is 5.91 Å². The number of aromatic nitrogens is 2. The average Bonchev–Trinajstić information content (AvgIpc) is 3.11. The van der Waals surface area contributed by atoms with Crippen molar-refractivity contribution >= 4 is 11.7 Å². The highest BCUT2D eigenvalue weighted by Crippen LogP contribution is 2.29. The molecular weight excluding hydrogens is 353 g/mol. The predicted molar refractivity (Wildman–Crippen MR) is 96.1 cm³/mol. The predicted octanol–water partition coefficient (Wildman–Crippen LogP) is 3.60. The molecule has 3 rings (SSSR count). The van der Waals surface area contributed by atoms with E-state index in [-0.39, 0.29) is 11.6 Å². The molecule has 1 aromatic heterocycles. The lowest BCUT2D eigenvalue weighted by Gasteiger charge is -2.14. The normalized spacial score (nSPS) is 11.7. The molecule has 0 aliphatic heterocycles. The van der Waals surface area contributed by atoms with Gasteiger partial charge < -0.3 is 14.8 Å². The molecule has 0 aliphatic carbocycles. The van der Waals surface area contributed by atoms with Crippen molar-refractivity contribution in [1.82, 2.24) is 10.3 Å². The van der Waals surface area contributed by atoms with Crippen LogP contribution in [0.1, 0.15) is 12.5 Å². The lowest BCUT2D eigenvalue weighted by atomic mass is 10.1. The van der Waals surface area contributed by atoms with Crippen LogP contribution in [0, 0.1) is 12.7 Å². The van der Waals surface area contributed by atoms with E-state index in [2.05, 4.69) is 15.6 Å². The molecule has 140 valence electrons. The number of benzene rings is 2. The molecule has 27 heavy (non-hydrogen) atoms. The van der Waals surface area contributed by atoms with Gasteiger partial charge in [-0.2, -0.15) is 0 Å². The van der Waals surface area contributed by atoms with Gasteiger partial charge in [0.15, 0.2) is 23.4 Å². The average molecular weight is 371 g/mol. The molecule has 1 unspecified atom stereocenters. The third-order valence-electron chi connectivity index (χ3n) is 3.91. The van der Waals surface area contributed by atoms with Crippen molar-refractivity contribution in [2.75, 3.05) is 12.4 Å². The van der Waals surface area contributed by atoms with Gasteiger partial charge in [0.1, 0.15) is 5.75 Å². The third-order valence-corrected chi connectivity index (χ3v) is 3.91. The zero-order chi connectivity index (χ0) is 19.4.